The predicted octanol–water partition coefficient (Wildman–Crippen LogP) is 0.681. The number of aryl methyl sites for hydroxylation is 1. The van der Waals surface area contributed by atoms with E-state index in [-0.39, 0.29) is 42.7 Å². The Labute approximate surface area is 179 Å². The van der Waals surface area contributed by atoms with E-state index in [1.54, 1.807) is 17.9 Å². The van der Waals surface area contributed by atoms with Crippen molar-refractivity contribution in [2.24, 2.45) is 7.05 Å². The highest BCUT2D eigenvalue weighted by Gasteiger charge is 2.28. The Hall–Kier alpha value is -1.35. The largest absolute Gasteiger partial charge is 0.342 e. The van der Waals surface area contributed by atoms with Gasteiger partial charge in [0.25, 0.3) is 0 Å². The van der Waals surface area contributed by atoms with E-state index in [9.17, 15) is 9.59 Å². The van der Waals surface area contributed by atoms with Gasteiger partial charge in [-0.15, -0.1) is 24.8 Å². The van der Waals surface area contributed by atoms with Crippen LogP contribution in [0.25, 0.3) is 0 Å². The Morgan fingerprint density at radius 2 is 1.71 bits per heavy atom. The summed E-state index contributed by atoms with van der Waals surface area (Å²) in [7, 11) is 3.65. The molecule has 1 atom stereocenters. The van der Waals surface area contributed by atoms with Gasteiger partial charge in [-0.3, -0.25) is 19.2 Å². The van der Waals surface area contributed by atoms with Gasteiger partial charge in [0.15, 0.2) is 0 Å². The average Bonchev–Trinajstić information content (AvgIpc) is 3.25. The molecule has 0 bridgehead atoms. The van der Waals surface area contributed by atoms with Crippen molar-refractivity contribution in [1.82, 2.24) is 29.8 Å². The normalized spacial score (nSPS) is 18.8. The van der Waals surface area contributed by atoms with Gasteiger partial charge in [-0.25, -0.2) is 0 Å². The van der Waals surface area contributed by atoms with Gasteiger partial charge in [-0.05, 0) is 26.3 Å². The number of carbonyl (C=O) groups excluding carboxylic acids is 2. The van der Waals surface area contributed by atoms with E-state index in [0.717, 1.165) is 57.5 Å². The molecule has 0 aliphatic carbocycles. The number of amides is 2. The van der Waals surface area contributed by atoms with Crippen LogP contribution in [0.4, 0.5) is 0 Å². The quantitative estimate of drug-likeness (QED) is 0.737. The maximum atomic E-state index is 13.0. The lowest BCUT2D eigenvalue weighted by atomic mass is 10.1. The summed E-state index contributed by atoms with van der Waals surface area (Å²) < 4.78 is 1.71. The zero-order chi connectivity index (χ0) is 18.5. The van der Waals surface area contributed by atoms with Crippen LogP contribution in [0.2, 0.25) is 0 Å². The van der Waals surface area contributed by atoms with Gasteiger partial charge in [0.2, 0.25) is 11.8 Å². The van der Waals surface area contributed by atoms with Crippen molar-refractivity contribution in [2.45, 2.75) is 25.3 Å². The first-order valence-corrected chi connectivity index (χ1v) is 9.53. The van der Waals surface area contributed by atoms with E-state index in [2.05, 4.69) is 15.3 Å². The molecule has 2 fully saturated rings. The maximum absolute atomic E-state index is 13.0. The molecule has 3 heterocycles. The Morgan fingerprint density at radius 3 is 2.32 bits per heavy atom. The number of rotatable bonds is 5. The van der Waals surface area contributed by atoms with Gasteiger partial charge in [-0.1, -0.05) is 0 Å². The van der Waals surface area contributed by atoms with E-state index >= 15 is 0 Å². The molecule has 0 saturated carbocycles. The summed E-state index contributed by atoms with van der Waals surface area (Å²) in [6.45, 7) is 5.25. The molecule has 2 saturated heterocycles. The molecule has 0 radical (unpaired) electrons. The van der Waals surface area contributed by atoms with Crippen LogP contribution in [0.3, 0.4) is 0 Å². The molecule has 1 aromatic heterocycles. The smallest absolute Gasteiger partial charge is 0.244 e. The summed E-state index contributed by atoms with van der Waals surface area (Å²) >= 11 is 0. The molecule has 2 aliphatic rings. The number of hydrogen-bond donors (Lipinski definition) is 1. The van der Waals surface area contributed by atoms with Gasteiger partial charge >= 0.3 is 0 Å². The third-order valence-electron chi connectivity index (χ3n) is 5.31. The topological polar surface area (TPSA) is 73.7 Å². The van der Waals surface area contributed by atoms with E-state index in [4.69, 9.17) is 0 Å². The SMILES string of the molecule is CNC(C(=O)N1CCCN(CC(=O)N2CCCC2)CC1)c1cnn(C)c1.Cl.Cl. The first kappa shape index (κ1) is 24.7. The lowest BCUT2D eigenvalue weighted by Gasteiger charge is -2.26. The number of hydrogen-bond acceptors (Lipinski definition) is 5. The average molecular weight is 435 g/mol. The number of aromatic nitrogens is 2. The first-order chi connectivity index (χ1) is 12.6. The molecule has 0 aromatic carbocycles. The van der Waals surface area contributed by atoms with Crippen LogP contribution in [0.5, 0.6) is 0 Å². The first-order valence-electron chi connectivity index (χ1n) is 9.53. The Balaban J connectivity index is 0.00000196. The van der Waals surface area contributed by atoms with Crippen molar-refractivity contribution in [1.29, 1.82) is 0 Å². The minimum absolute atomic E-state index is 0. The third-order valence-corrected chi connectivity index (χ3v) is 5.31. The number of halogens is 2. The molecule has 1 aromatic rings. The summed E-state index contributed by atoms with van der Waals surface area (Å²) in [5, 5.41) is 7.28. The fourth-order valence-electron chi connectivity index (χ4n) is 3.81. The fourth-order valence-corrected chi connectivity index (χ4v) is 3.81. The van der Waals surface area contributed by atoms with Gasteiger partial charge in [0.1, 0.15) is 6.04 Å². The molecule has 2 amide bonds. The highest BCUT2D eigenvalue weighted by Crippen LogP contribution is 2.16. The van der Waals surface area contributed by atoms with E-state index in [1.807, 2.05) is 23.0 Å². The van der Waals surface area contributed by atoms with Crippen molar-refractivity contribution < 1.29 is 9.59 Å². The molecule has 3 rings (SSSR count). The van der Waals surface area contributed by atoms with E-state index in [0.29, 0.717) is 13.1 Å². The number of carbonyl (C=O) groups is 2. The van der Waals surface area contributed by atoms with Crippen LogP contribution in [-0.4, -0.2) is 89.2 Å². The summed E-state index contributed by atoms with van der Waals surface area (Å²) in [5.41, 5.74) is 0.880. The number of nitrogens with one attached hydrogen (secondary N) is 1. The predicted molar refractivity (Wildman–Crippen MR) is 113 cm³/mol. The second kappa shape index (κ2) is 11.6. The molecule has 1 unspecified atom stereocenters. The number of likely N-dealkylation sites (tertiary alicyclic amines) is 1. The maximum Gasteiger partial charge on any atom is 0.244 e. The zero-order valence-electron chi connectivity index (χ0n) is 16.7. The van der Waals surface area contributed by atoms with E-state index in [1.165, 1.54) is 0 Å². The van der Waals surface area contributed by atoms with E-state index < -0.39 is 0 Å². The number of likely N-dealkylation sites (N-methyl/N-ethyl adjacent to an activating group) is 1. The molecular formula is C18H32Cl2N6O2. The third kappa shape index (κ3) is 6.07. The minimum atomic E-state index is -0.374. The van der Waals surface area contributed by atoms with Crippen LogP contribution >= 0.6 is 24.8 Å². The molecule has 0 spiro atoms. The van der Waals surface area contributed by atoms with Crippen LogP contribution in [0, 0.1) is 0 Å². The van der Waals surface area contributed by atoms with Crippen LogP contribution in [0.15, 0.2) is 12.4 Å². The molecule has 2 aliphatic heterocycles. The molecule has 8 nitrogen and oxygen atoms in total. The van der Waals surface area contributed by atoms with Crippen LogP contribution in [0.1, 0.15) is 30.9 Å². The van der Waals surface area contributed by atoms with Gasteiger partial charge in [-0.2, -0.15) is 5.10 Å². The molecule has 1 N–H and O–H groups in total. The van der Waals surface area contributed by atoms with Gasteiger partial charge in [0.05, 0.1) is 12.7 Å². The molecular weight excluding hydrogens is 403 g/mol. The standard InChI is InChI=1S/C18H30N6O2.2ClH/c1-19-17(15-12-20-21(2)13-15)18(26)24-9-5-6-22(10-11-24)14-16(25)23-7-3-4-8-23;;/h12-13,17,19H,3-11,14H2,1-2H3;2*1H. The molecule has 160 valence electrons. The monoisotopic (exact) mass is 434 g/mol. The Bertz CT molecular complexity index is 635. The Kier molecular flexibility index (Phi) is 10.2. The zero-order valence-corrected chi connectivity index (χ0v) is 18.3. The van der Waals surface area contributed by atoms with Crippen molar-refractivity contribution in [3.63, 3.8) is 0 Å². The summed E-state index contributed by atoms with van der Waals surface area (Å²) in [5.74, 6) is 0.305. The minimum Gasteiger partial charge on any atom is -0.342 e. The van der Waals surface area contributed by atoms with Gasteiger partial charge < -0.3 is 15.1 Å². The molecule has 28 heavy (non-hydrogen) atoms. The lowest BCUT2D eigenvalue weighted by molar-refractivity contribution is -0.133. The van der Waals surface area contributed by atoms with Crippen LogP contribution < -0.4 is 5.32 Å². The second-order valence-corrected chi connectivity index (χ2v) is 7.21. The lowest BCUT2D eigenvalue weighted by Crippen LogP contribution is -2.43. The number of nitrogens with zero attached hydrogens (tertiary/aromatic N) is 5. The summed E-state index contributed by atoms with van der Waals surface area (Å²) in [6.07, 6.45) is 6.74. The van der Waals surface area contributed by atoms with Gasteiger partial charge in [0, 0.05) is 58.1 Å². The Morgan fingerprint density at radius 1 is 1.04 bits per heavy atom. The highest BCUT2D eigenvalue weighted by atomic mass is 35.5. The highest BCUT2D eigenvalue weighted by molar-refractivity contribution is 5.85. The van der Waals surface area contributed by atoms with Crippen molar-refractivity contribution >= 4 is 36.6 Å². The van der Waals surface area contributed by atoms with Crippen molar-refractivity contribution in [3.05, 3.63) is 18.0 Å². The summed E-state index contributed by atoms with van der Waals surface area (Å²) in [6, 6.07) is -0.374. The molecule has 10 heteroatoms. The van der Waals surface area contributed by atoms with Crippen LogP contribution in [-0.2, 0) is 16.6 Å². The van der Waals surface area contributed by atoms with Crippen molar-refractivity contribution in [3.8, 4) is 0 Å². The second-order valence-electron chi connectivity index (χ2n) is 7.21. The van der Waals surface area contributed by atoms with Crippen molar-refractivity contribution in [2.75, 3.05) is 52.9 Å². The fraction of sp³-hybridized carbons (Fsp3) is 0.722. The summed E-state index contributed by atoms with van der Waals surface area (Å²) in [4.78, 5) is 31.4.